The Kier molecular flexibility index (Phi) is 3.31. The van der Waals surface area contributed by atoms with E-state index in [1.807, 2.05) is 0 Å². The molecule has 0 atom stereocenters. The van der Waals surface area contributed by atoms with Gasteiger partial charge in [0.2, 0.25) is 0 Å². The quantitative estimate of drug-likeness (QED) is 0.712. The Morgan fingerprint density at radius 2 is 1.88 bits per heavy atom. The topological polar surface area (TPSA) is 78.6 Å². The van der Waals surface area contributed by atoms with Gasteiger partial charge in [-0.2, -0.15) is 13.2 Å². The lowest BCUT2D eigenvalue weighted by Crippen LogP contribution is -2.20. The van der Waals surface area contributed by atoms with Crippen LogP contribution in [0.4, 0.5) is 13.2 Å². The maximum absolute atomic E-state index is 12.9. The van der Waals surface area contributed by atoms with Gasteiger partial charge in [0.05, 0.1) is 0 Å². The van der Waals surface area contributed by atoms with Gasteiger partial charge in [-0.1, -0.05) is 0 Å². The van der Waals surface area contributed by atoms with Crippen LogP contribution in [0.5, 0.6) is 0 Å². The molecule has 3 aromatic rings. The van der Waals surface area contributed by atoms with E-state index in [1.54, 1.807) is 12.3 Å². The minimum absolute atomic E-state index is 0.0163. The third-order valence-electron chi connectivity index (χ3n) is 4.29. The van der Waals surface area contributed by atoms with Crippen molar-refractivity contribution in [2.75, 3.05) is 0 Å². The van der Waals surface area contributed by atoms with Gasteiger partial charge in [-0.15, -0.1) is 0 Å². The molecule has 1 fully saturated rings. The van der Waals surface area contributed by atoms with Crippen molar-refractivity contribution in [1.82, 2.24) is 15.0 Å². The molecule has 1 saturated carbocycles. The van der Waals surface area contributed by atoms with Gasteiger partial charge in [-0.25, -0.2) is 4.98 Å². The van der Waals surface area contributed by atoms with Crippen LogP contribution in [0.3, 0.4) is 0 Å². The second kappa shape index (κ2) is 5.30. The average molecular weight is 347 g/mol. The van der Waals surface area contributed by atoms with Gasteiger partial charge in [0.1, 0.15) is 11.2 Å². The van der Waals surface area contributed by atoms with E-state index in [-0.39, 0.29) is 17.3 Å². The van der Waals surface area contributed by atoms with Crippen molar-refractivity contribution < 1.29 is 18.0 Å². The number of ketones is 1. The van der Waals surface area contributed by atoms with Crippen LogP contribution in [0.1, 0.15) is 28.8 Å². The van der Waals surface area contributed by atoms with E-state index >= 15 is 0 Å². The molecule has 0 aliphatic heterocycles. The molecule has 0 amide bonds. The van der Waals surface area contributed by atoms with E-state index in [0.717, 1.165) is 18.9 Å². The fourth-order valence-electron chi connectivity index (χ4n) is 2.79. The molecule has 0 saturated heterocycles. The Hall–Kier alpha value is -2.90. The number of hydrogen-bond donors (Lipinski definition) is 2. The molecule has 0 radical (unpaired) electrons. The molecule has 1 aliphatic rings. The molecule has 8 heteroatoms. The standard InChI is InChI=1S/C17H12F3N3O2/c18-17(19,20)13-4-10(6-23-16(13)25)9-3-11-12(14(24)8-1-2-8)7-22-15(11)21-5-9/h3-8H,1-2H2,(H,21,22)(H,23,25). The van der Waals surface area contributed by atoms with Crippen LogP contribution in [0.2, 0.25) is 0 Å². The molecule has 3 heterocycles. The van der Waals surface area contributed by atoms with Crippen LogP contribution in [0, 0.1) is 5.92 Å². The zero-order valence-electron chi connectivity index (χ0n) is 12.8. The van der Waals surface area contributed by atoms with Crippen molar-refractivity contribution in [1.29, 1.82) is 0 Å². The van der Waals surface area contributed by atoms with Crippen molar-refractivity contribution in [3.05, 3.63) is 52.2 Å². The first-order chi connectivity index (χ1) is 11.8. The summed E-state index contributed by atoms with van der Waals surface area (Å²) >= 11 is 0. The molecule has 1 aliphatic carbocycles. The summed E-state index contributed by atoms with van der Waals surface area (Å²) < 4.78 is 38.8. The van der Waals surface area contributed by atoms with Crippen molar-refractivity contribution in [2.45, 2.75) is 19.0 Å². The summed E-state index contributed by atoms with van der Waals surface area (Å²) in [4.78, 5) is 32.9. The van der Waals surface area contributed by atoms with E-state index in [9.17, 15) is 22.8 Å². The first-order valence-corrected chi connectivity index (χ1v) is 7.66. The van der Waals surface area contributed by atoms with Crippen LogP contribution in [-0.2, 0) is 6.18 Å². The van der Waals surface area contributed by atoms with Crippen LogP contribution >= 0.6 is 0 Å². The number of fused-ring (bicyclic) bond motifs is 1. The second-order valence-corrected chi connectivity index (χ2v) is 6.09. The number of H-pyrrole nitrogens is 2. The van der Waals surface area contributed by atoms with Gasteiger partial charge in [0, 0.05) is 46.6 Å². The average Bonchev–Trinajstić information content (AvgIpc) is 3.33. The van der Waals surface area contributed by atoms with Gasteiger partial charge in [-0.3, -0.25) is 9.59 Å². The molecule has 25 heavy (non-hydrogen) atoms. The minimum Gasteiger partial charge on any atom is -0.345 e. The maximum Gasteiger partial charge on any atom is 0.421 e. The lowest BCUT2D eigenvalue weighted by molar-refractivity contribution is -0.138. The monoisotopic (exact) mass is 347 g/mol. The normalized spacial score (nSPS) is 14.8. The number of Topliss-reactive ketones (excluding diaryl/α,β-unsaturated/α-hetero) is 1. The highest BCUT2D eigenvalue weighted by atomic mass is 19.4. The third-order valence-corrected chi connectivity index (χ3v) is 4.29. The molecule has 2 N–H and O–H groups in total. The van der Waals surface area contributed by atoms with Crippen molar-refractivity contribution in [3.8, 4) is 11.1 Å². The summed E-state index contributed by atoms with van der Waals surface area (Å²) in [7, 11) is 0. The number of nitrogens with zero attached hydrogens (tertiary/aromatic N) is 1. The first kappa shape index (κ1) is 15.6. The Bertz CT molecular complexity index is 1050. The summed E-state index contributed by atoms with van der Waals surface area (Å²) in [5, 5.41) is 0.564. The summed E-state index contributed by atoms with van der Waals surface area (Å²) in [6, 6.07) is 2.40. The predicted octanol–water partition coefficient (Wildman–Crippen LogP) is 3.53. The van der Waals surface area contributed by atoms with Crippen LogP contribution < -0.4 is 5.56 Å². The summed E-state index contributed by atoms with van der Waals surface area (Å²) in [5.74, 6) is 0.0372. The number of carbonyl (C=O) groups excluding carboxylic acids is 1. The van der Waals surface area contributed by atoms with Gasteiger partial charge >= 0.3 is 6.18 Å². The molecule has 0 spiro atoms. The van der Waals surface area contributed by atoms with E-state index in [2.05, 4.69) is 15.0 Å². The van der Waals surface area contributed by atoms with E-state index in [1.165, 1.54) is 12.4 Å². The fraction of sp³-hybridized carbons (Fsp3) is 0.235. The van der Waals surface area contributed by atoms with Crippen LogP contribution in [-0.4, -0.2) is 20.7 Å². The largest absolute Gasteiger partial charge is 0.421 e. The third kappa shape index (κ3) is 2.73. The van der Waals surface area contributed by atoms with Crippen molar-refractivity contribution in [2.24, 2.45) is 5.92 Å². The lowest BCUT2D eigenvalue weighted by atomic mass is 10.0. The fourth-order valence-corrected chi connectivity index (χ4v) is 2.79. The Morgan fingerprint density at radius 3 is 2.56 bits per heavy atom. The SMILES string of the molecule is O=C(c1c[nH]c2ncc(-c3c[nH]c(=O)c(C(F)(F)F)c3)cc12)C1CC1. The molecule has 5 nitrogen and oxygen atoms in total. The van der Waals surface area contributed by atoms with Gasteiger partial charge in [0.25, 0.3) is 5.56 Å². The number of aromatic amines is 2. The van der Waals surface area contributed by atoms with Crippen molar-refractivity contribution in [3.63, 3.8) is 0 Å². The van der Waals surface area contributed by atoms with E-state index in [0.29, 0.717) is 22.2 Å². The highest BCUT2D eigenvalue weighted by Gasteiger charge is 2.34. The molecule has 128 valence electrons. The molecule has 0 unspecified atom stereocenters. The molecular formula is C17H12F3N3O2. The predicted molar refractivity (Wildman–Crippen MR) is 84.2 cm³/mol. The highest BCUT2D eigenvalue weighted by Crippen LogP contribution is 2.35. The number of pyridine rings is 2. The zero-order chi connectivity index (χ0) is 17.8. The lowest BCUT2D eigenvalue weighted by Gasteiger charge is -2.08. The Morgan fingerprint density at radius 1 is 1.12 bits per heavy atom. The van der Waals surface area contributed by atoms with Gasteiger partial charge in [0.15, 0.2) is 5.78 Å². The first-order valence-electron chi connectivity index (χ1n) is 7.66. The number of halogens is 3. The number of aromatic nitrogens is 3. The summed E-state index contributed by atoms with van der Waals surface area (Å²) in [6.07, 6.45) is 1.15. The van der Waals surface area contributed by atoms with Gasteiger partial charge in [-0.05, 0) is 25.0 Å². The van der Waals surface area contributed by atoms with Gasteiger partial charge < -0.3 is 9.97 Å². The molecule has 3 aromatic heterocycles. The Balaban J connectivity index is 1.83. The maximum atomic E-state index is 12.9. The van der Waals surface area contributed by atoms with Crippen LogP contribution in [0.25, 0.3) is 22.2 Å². The number of nitrogens with one attached hydrogen (secondary N) is 2. The molecule has 0 aromatic carbocycles. The summed E-state index contributed by atoms with van der Waals surface area (Å²) in [6.45, 7) is 0. The summed E-state index contributed by atoms with van der Waals surface area (Å²) in [5.41, 5.74) is -0.920. The molecule has 0 bridgehead atoms. The number of hydrogen-bond acceptors (Lipinski definition) is 3. The second-order valence-electron chi connectivity index (χ2n) is 6.09. The molecule has 4 rings (SSSR count). The van der Waals surface area contributed by atoms with E-state index in [4.69, 9.17) is 0 Å². The van der Waals surface area contributed by atoms with E-state index < -0.39 is 17.3 Å². The number of carbonyl (C=O) groups is 1. The Labute approximate surface area is 138 Å². The van der Waals surface area contributed by atoms with Crippen LogP contribution in [0.15, 0.2) is 35.5 Å². The highest BCUT2D eigenvalue weighted by molar-refractivity contribution is 6.09. The number of rotatable bonds is 3. The van der Waals surface area contributed by atoms with Crippen molar-refractivity contribution >= 4 is 16.8 Å². The number of alkyl halides is 3. The minimum atomic E-state index is -4.75. The smallest absolute Gasteiger partial charge is 0.345 e. The molecular weight excluding hydrogens is 335 g/mol. The zero-order valence-corrected chi connectivity index (χ0v) is 12.8.